The first-order valence-corrected chi connectivity index (χ1v) is 3.36. The quantitative estimate of drug-likeness (QED) is 0.468. The van der Waals surface area contributed by atoms with Gasteiger partial charge in [-0.3, -0.25) is 0 Å². The molecule has 0 saturated heterocycles. The van der Waals surface area contributed by atoms with Gasteiger partial charge < -0.3 is 0 Å². The first-order chi connectivity index (χ1) is 4.43. The fourth-order valence-corrected chi connectivity index (χ4v) is 1.30. The molecule has 0 aromatic carbocycles. The summed E-state index contributed by atoms with van der Waals surface area (Å²) in [7, 11) is 0. The molecule has 0 heterocycles. The van der Waals surface area contributed by atoms with Crippen LogP contribution >= 0.6 is 0 Å². The summed E-state index contributed by atoms with van der Waals surface area (Å²) < 4.78 is 0. The Morgan fingerprint density at radius 1 is 1.33 bits per heavy atom. The van der Waals surface area contributed by atoms with E-state index >= 15 is 0 Å². The van der Waals surface area contributed by atoms with Crippen molar-refractivity contribution in [1.82, 2.24) is 0 Å². The normalized spacial score (nSPS) is 21.0. The van der Waals surface area contributed by atoms with E-state index in [0.29, 0.717) is 12.5 Å². The van der Waals surface area contributed by atoms with E-state index in [-0.39, 0.29) is 0 Å². The molecule has 1 saturated carbocycles. The van der Waals surface area contributed by atoms with Gasteiger partial charge in [0.2, 0.25) is 0 Å². The van der Waals surface area contributed by atoms with Gasteiger partial charge in [0, 0.05) is 0 Å². The van der Waals surface area contributed by atoms with Gasteiger partial charge in [-0.1, -0.05) is 17.9 Å². The van der Waals surface area contributed by atoms with E-state index in [2.05, 4.69) is 9.93 Å². The third-order valence-corrected chi connectivity index (χ3v) is 1.83. The molecule has 54 valence electrons. The van der Waals surface area contributed by atoms with Gasteiger partial charge in [0.25, 0.3) is 0 Å². The summed E-state index contributed by atoms with van der Waals surface area (Å²) in [6.45, 7) is 0.538. The highest BCUT2D eigenvalue weighted by Gasteiger charge is 2.14. The van der Waals surface area contributed by atoms with Crippen molar-refractivity contribution in [3.05, 3.63) is 0 Å². The standard InChI is InChI=1S/C6H12O3/c7-9-8-5-6-3-1-2-4-6/h6-7H,1-5H2. The van der Waals surface area contributed by atoms with E-state index in [1.54, 1.807) is 0 Å². The Kier molecular flexibility index (Phi) is 2.97. The van der Waals surface area contributed by atoms with Crippen LogP contribution in [0.15, 0.2) is 0 Å². The van der Waals surface area contributed by atoms with Crippen LogP contribution in [0.5, 0.6) is 0 Å². The molecule has 0 atom stereocenters. The van der Waals surface area contributed by atoms with Gasteiger partial charge in [0.05, 0.1) is 6.61 Å². The highest BCUT2D eigenvalue weighted by molar-refractivity contribution is 4.65. The minimum Gasteiger partial charge on any atom is -0.221 e. The summed E-state index contributed by atoms with van der Waals surface area (Å²) in [5.74, 6) is 0.608. The van der Waals surface area contributed by atoms with Crippen LogP contribution in [0.3, 0.4) is 0 Å². The molecule has 0 amide bonds. The van der Waals surface area contributed by atoms with Crippen molar-refractivity contribution in [2.75, 3.05) is 6.61 Å². The Balaban J connectivity index is 1.98. The molecular weight excluding hydrogens is 120 g/mol. The molecule has 1 aliphatic carbocycles. The van der Waals surface area contributed by atoms with Crippen molar-refractivity contribution in [2.24, 2.45) is 5.92 Å². The predicted molar refractivity (Wildman–Crippen MR) is 31.6 cm³/mol. The second-order valence-electron chi connectivity index (χ2n) is 2.51. The summed E-state index contributed by atoms with van der Waals surface area (Å²) >= 11 is 0. The van der Waals surface area contributed by atoms with Crippen molar-refractivity contribution in [3.8, 4) is 0 Å². The second-order valence-corrected chi connectivity index (χ2v) is 2.51. The summed E-state index contributed by atoms with van der Waals surface area (Å²) in [6, 6.07) is 0. The van der Waals surface area contributed by atoms with E-state index in [1.807, 2.05) is 0 Å². The fraction of sp³-hybridized carbons (Fsp3) is 1.00. The van der Waals surface area contributed by atoms with E-state index in [0.717, 1.165) is 0 Å². The molecule has 0 aromatic rings. The molecule has 0 spiro atoms. The SMILES string of the molecule is OOOCC1CCCC1. The number of rotatable bonds is 3. The number of hydrogen-bond donors (Lipinski definition) is 1. The third-order valence-electron chi connectivity index (χ3n) is 1.83. The smallest absolute Gasteiger partial charge is 0.0881 e. The maximum absolute atomic E-state index is 7.80. The third kappa shape index (κ3) is 2.30. The highest BCUT2D eigenvalue weighted by atomic mass is 17.5. The lowest BCUT2D eigenvalue weighted by Crippen LogP contribution is -2.04. The zero-order valence-electron chi connectivity index (χ0n) is 5.38. The van der Waals surface area contributed by atoms with Crippen LogP contribution in [0.1, 0.15) is 25.7 Å². The minimum atomic E-state index is 0.538. The van der Waals surface area contributed by atoms with Gasteiger partial charge in [0.15, 0.2) is 0 Å². The van der Waals surface area contributed by atoms with E-state index in [1.165, 1.54) is 25.7 Å². The van der Waals surface area contributed by atoms with Crippen molar-refractivity contribution >= 4 is 0 Å². The van der Waals surface area contributed by atoms with Crippen LogP contribution in [-0.4, -0.2) is 11.9 Å². The monoisotopic (exact) mass is 132 g/mol. The van der Waals surface area contributed by atoms with Gasteiger partial charge in [-0.2, -0.15) is 0 Å². The van der Waals surface area contributed by atoms with E-state index in [9.17, 15) is 0 Å². The Labute approximate surface area is 54.4 Å². The Hall–Kier alpha value is -0.120. The van der Waals surface area contributed by atoms with Crippen molar-refractivity contribution < 1.29 is 15.2 Å². The molecule has 0 unspecified atom stereocenters. The van der Waals surface area contributed by atoms with Gasteiger partial charge in [0.1, 0.15) is 0 Å². The minimum absolute atomic E-state index is 0.538. The molecule has 3 heteroatoms. The van der Waals surface area contributed by atoms with Crippen molar-refractivity contribution in [3.63, 3.8) is 0 Å². The van der Waals surface area contributed by atoms with Crippen LogP contribution in [0.25, 0.3) is 0 Å². The largest absolute Gasteiger partial charge is 0.221 e. The van der Waals surface area contributed by atoms with Crippen LogP contribution in [0.2, 0.25) is 0 Å². The lowest BCUT2D eigenvalue weighted by Gasteiger charge is -2.03. The van der Waals surface area contributed by atoms with Crippen LogP contribution in [0.4, 0.5) is 0 Å². The fourth-order valence-electron chi connectivity index (χ4n) is 1.30. The first-order valence-electron chi connectivity index (χ1n) is 3.36. The molecule has 0 aliphatic heterocycles. The molecule has 1 aliphatic rings. The van der Waals surface area contributed by atoms with Crippen LogP contribution in [-0.2, 0) is 9.93 Å². The maximum atomic E-state index is 7.80. The van der Waals surface area contributed by atoms with Crippen LogP contribution in [0, 0.1) is 5.92 Å². The van der Waals surface area contributed by atoms with Gasteiger partial charge >= 0.3 is 0 Å². The zero-order chi connectivity index (χ0) is 6.53. The van der Waals surface area contributed by atoms with Crippen molar-refractivity contribution in [1.29, 1.82) is 0 Å². The Morgan fingerprint density at radius 3 is 2.56 bits per heavy atom. The Morgan fingerprint density at radius 2 is 2.00 bits per heavy atom. The number of hydrogen-bond acceptors (Lipinski definition) is 3. The molecule has 0 radical (unpaired) electrons. The summed E-state index contributed by atoms with van der Waals surface area (Å²) in [5, 5.41) is 11.3. The molecular formula is C6H12O3. The van der Waals surface area contributed by atoms with E-state index in [4.69, 9.17) is 5.26 Å². The second kappa shape index (κ2) is 3.82. The van der Waals surface area contributed by atoms with Gasteiger partial charge in [-0.25, -0.2) is 10.1 Å². The maximum Gasteiger partial charge on any atom is 0.0881 e. The van der Waals surface area contributed by atoms with Gasteiger partial charge in [-0.15, -0.1) is 0 Å². The molecule has 0 aromatic heterocycles. The molecule has 1 rings (SSSR count). The lowest BCUT2D eigenvalue weighted by atomic mass is 10.1. The average Bonchev–Trinajstić information content (AvgIpc) is 2.34. The molecule has 1 fully saturated rings. The summed E-state index contributed by atoms with van der Waals surface area (Å²) in [5.41, 5.74) is 0. The zero-order valence-corrected chi connectivity index (χ0v) is 5.38. The highest BCUT2D eigenvalue weighted by Crippen LogP contribution is 2.24. The average molecular weight is 132 g/mol. The first kappa shape index (κ1) is 6.99. The van der Waals surface area contributed by atoms with Gasteiger partial charge in [-0.05, 0) is 18.8 Å². The van der Waals surface area contributed by atoms with Crippen LogP contribution < -0.4 is 0 Å². The van der Waals surface area contributed by atoms with Crippen molar-refractivity contribution in [2.45, 2.75) is 25.7 Å². The molecule has 1 N–H and O–H groups in total. The summed E-state index contributed by atoms with van der Waals surface area (Å²) in [6.07, 6.45) is 5.01. The Bertz CT molecular complexity index is 68.7. The molecule has 3 nitrogen and oxygen atoms in total. The molecule has 9 heavy (non-hydrogen) atoms. The summed E-state index contributed by atoms with van der Waals surface area (Å²) in [4.78, 5) is 4.37. The molecule has 0 bridgehead atoms. The van der Waals surface area contributed by atoms with E-state index < -0.39 is 0 Å². The topological polar surface area (TPSA) is 38.7 Å². The lowest BCUT2D eigenvalue weighted by molar-refractivity contribution is -0.493. The predicted octanol–water partition coefficient (Wildman–Crippen LogP) is 1.60.